The lowest BCUT2D eigenvalue weighted by atomic mass is 10.0. The van der Waals surface area contributed by atoms with E-state index in [1.54, 1.807) is 11.3 Å². The number of thiophene rings is 1. The van der Waals surface area contributed by atoms with E-state index in [4.69, 9.17) is 29.3 Å². The largest absolute Gasteiger partial charge is 0.452 e. The zero-order valence-corrected chi connectivity index (χ0v) is 27.6. The lowest BCUT2D eigenvalue weighted by molar-refractivity contribution is 0.664. The maximum Gasteiger partial charge on any atom is 0.180 e. The Morgan fingerprint density at radius 3 is 1.96 bits per heavy atom. The Hall–Kier alpha value is -6.31. The minimum Gasteiger partial charge on any atom is -0.452 e. The van der Waals surface area contributed by atoms with Gasteiger partial charge in [0.25, 0.3) is 0 Å². The van der Waals surface area contributed by atoms with Gasteiger partial charge in [-0.1, -0.05) is 115 Å². The zero-order chi connectivity index (χ0) is 33.0. The van der Waals surface area contributed by atoms with Crippen LogP contribution in [0.15, 0.2) is 144 Å². The van der Waals surface area contributed by atoms with Gasteiger partial charge in [-0.25, -0.2) is 24.9 Å². The number of fused-ring (bicyclic) bond motifs is 6. The maximum absolute atomic E-state index is 6.39. The molecule has 0 bridgehead atoms. The SMILES string of the molecule is C1=CC(c2nc(-c3cccc4c3sc3cccc(-c5nc(-c6ccccc6)nc(-c6ccccc6)n5)c34)nc3c2oc2ccccc23)=CCC1. The normalized spacial score (nSPS) is 13.1. The molecular formula is C43H27N5OS. The summed E-state index contributed by atoms with van der Waals surface area (Å²) in [5.74, 6) is 2.59. The topological polar surface area (TPSA) is 77.6 Å². The summed E-state index contributed by atoms with van der Waals surface area (Å²) in [7, 11) is 0. The quantitative estimate of drug-likeness (QED) is 0.183. The van der Waals surface area contributed by atoms with Crippen LogP contribution < -0.4 is 0 Å². The van der Waals surface area contributed by atoms with Gasteiger partial charge >= 0.3 is 0 Å². The molecule has 0 atom stereocenters. The van der Waals surface area contributed by atoms with Crippen molar-refractivity contribution >= 4 is 59.2 Å². The number of benzene rings is 5. The molecule has 1 aliphatic rings. The lowest BCUT2D eigenvalue weighted by Gasteiger charge is -2.10. The van der Waals surface area contributed by atoms with Crippen molar-refractivity contribution in [2.75, 3.05) is 0 Å². The molecule has 0 amide bonds. The summed E-state index contributed by atoms with van der Waals surface area (Å²) in [6.07, 6.45) is 8.59. The second-order valence-electron chi connectivity index (χ2n) is 12.3. The van der Waals surface area contributed by atoms with E-state index in [-0.39, 0.29) is 0 Å². The molecule has 7 heteroatoms. The summed E-state index contributed by atoms with van der Waals surface area (Å²) in [4.78, 5) is 25.5. The van der Waals surface area contributed by atoms with Crippen LogP contribution in [-0.2, 0) is 0 Å². The van der Waals surface area contributed by atoms with Crippen LogP contribution in [0.25, 0.3) is 93.4 Å². The van der Waals surface area contributed by atoms with Gasteiger partial charge in [0.05, 0.1) is 0 Å². The van der Waals surface area contributed by atoms with Crippen molar-refractivity contribution in [1.82, 2.24) is 24.9 Å². The van der Waals surface area contributed by atoms with Gasteiger partial charge in [-0.05, 0) is 42.7 Å². The van der Waals surface area contributed by atoms with Crippen molar-refractivity contribution in [3.8, 4) is 45.6 Å². The number of hydrogen-bond donors (Lipinski definition) is 0. The number of allylic oxidation sites excluding steroid dienone is 4. The molecule has 0 saturated carbocycles. The molecule has 9 aromatic rings. The standard InChI is InChI=1S/C43H27N5OS/c1-4-14-26(15-5-1)36-38-37(29-20-10-11-24-33(29)49-38)45-43(44-36)32-23-12-21-30-35-31(22-13-25-34(35)50-39(30)32)42-47-40(27-16-6-2-7-17-27)46-41(48-42)28-18-8-3-9-19-28/h2-4,6-25H,1,5H2. The third-order valence-corrected chi connectivity index (χ3v) is 10.4. The predicted octanol–water partition coefficient (Wildman–Crippen LogP) is 11.3. The Kier molecular flexibility index (Phi) is 6.70. The molecule has 4 heterocycles. The summed E-state index contributed by atoms with van der Waals surface area (Å²) in [5, 5.41) is 3.20. The molecule has 0 unspecified atom stereocenters. The van der Waals surface area contributed by atoms with Crippen molar-refractivity contribution in [1.29, 1.82) is 0 Å². The highest BCUT2D eigenvalue weighted by atomic mass is 32.1. The summed E-state index contributed by atoms with van der Waals surface area (Å²) in [6.45, 7) is 0. The molecule has 5 aromatic carbocycles. The molecule has 0 aliphatic heterocycles. The highest BCUT2D eigenvalue weighted by Gasteiger charge is 2.22. The van der Waals surface area contributed by atoms with E-state index in [2.05, 4.69) is 60.7 Å². The van der Waals surface area contributed by atoms with E-state index in [1.807, 2.05) is 78.9 Å². The van der Waals surface area contributed by atoms with Crippen molar-refractivity contribution in [3.05, 3.63) is 145 Å². The van der Waals surface area contributed by atoms with E-state index in [0.717, 1.165) is 88.6 Å². The Labute approximate surface area is 291 Å². The highest BCUT2D eigenvalue weighted by Crippen LogP contribution is 2.44. The third-order valence-electron chi connectivity index (χ3n) is 9.19. The van der Waals surface area contributed by atoms with Gasteiger partial charge in [0.1, 0.15) is 16.8 Å². The summed E-state index contributed by atoms with van der Waals surface area (Å²) < 4.78 is 8.65. The molecule has 0 saturated heterocycles. The average molecular weight is 662 g/mol. The summed E-state index contributed by atoms with van der Waals surface area (Å²) in [5.41, 5.74) is 8.06. The molecule has 0 fully saturated rings. The van der Waals surface area contributed by atoms with E-state index < -0.39 is 0 Å². The van der Waals surface area contributed by atoms with Gasteiger partial charge in [0.2, 0.25) is 0 Å². The van der Waals surface area contributed by atoms with Crippen LogP contribution in [0, 0.1) is 0 Å². The fourth-order valence-corrected chi connectivity index (χ4v) is 8.07. The van der Waals surface area contributed by atoms with E-state index >= 15 is 0 Å². The molecule has 6 nitrogen and oxygen atoms in total. The second-order valence-corrected chi connectivity index (χ2v) is 13.4. The second kappa shape index (κ2) is 11.7. The number of nitrogens with zero attached hydrogens (tertiary/aromatic N) is 5. The predicted molar refractivity (Wildman–Crippen MR) is 204 cm³/mol. The number of rotatable bonds is 5. The summed E-state index contributed by atoms with van der Waals surface area (Å²) in [6, 6.07) is 41.0. The molecule has 236 valence electrons. The first-order chi connectivity index (χ1) is 24.8. The monoisotopic (exact) mass is 661 g/mol. The van der Waals surface area contributed by atoms with Crippen molar-refractivity contribution in [2.24, 2.45) is 0 Å². The molecule has 0 radical (unpaired) electrons. The van der Waals surface area contributed by atoms with Gasteiger partial charge in [0.15, 0.2) is 28.9 Å². The number of hydrogen-bond acceptors (Lipinski definition) is 7. The van der Waals surface area contributed by atoms with Crippen molar-refractivity contribution in [2.45, 2.75) is 12.8 Å². The molecule has 50 heavy (non-hydrogen) atoms. The van der Waals surface area contributed by atoms with Crippen LogP contribution in [0.5, 0.6) is 0 Å². The fraction of sp³-hybridized carbons (Fsp3) is 0.0465. The Balaban J connectivity index is 1.21. The number of furan rings is 1. The molecule has 10 rings (SSSR count). The Morgan fingerprint density at radius 1 is 0.540 bits per heavy atom. The molecular weight excluding hydrogens is 635 g/mol. The molecule has 4 aromatic heterocycles. The van der Waals surface area contributed by atoms with Crippen LogP contribution in [0.4, 0.5) is 0 Å². The average Bonchev–Trinajstić information content (AvgIpc) is 3.77. The van der Waals surface area contributed by atoms with Gasteiger partial charge in [-0.3, -0.25) is 0 Å². The van der Waals surface area contributed by atoms with Crippen LogP contribution in [0.3, 0.4) is 0 Å². The summed E-state index contributed by atoms with van der Waals surface area (Å²) >= 11 is 1.74. The van der Waals surface area contributed by atoms with Gasteiger partial charge in [-0.15, -0.1) is 11.3 Å². The Bertz CT molecular complexity index is 2760. The van der Waals surface area contributed by atoms with Crippen LogP contribution in [0.2, 0.25) is 0 Å². The highest BCUT2D eigenvalue weighted by molar-refractivity contribution is 7.26. The Morgan fingerprint density at radius 2 is 1.20 bits per heavy atom. The fourth-order valence-electron chi connectivity index (χ4n) is 6.84. The first-order valence-corrected chi connectivity index (χ1v) is 17.5. The number of para-hydroxylation sites is 1. The van der Waals surface area contributed by atoms with Crippen molar-refractivity contribution < 1.29 is 4.42 Å². The van der Waals surface area contributed by atoms with E-state index in [0.29, 0.717) is 23.3 Å². The smallest absolute Gasteiger partial charge is 0.180 e. The lowest BCUT2D eigenvalue weighted by Crippen LogP contribution is -2.00. The van der Waals surface area contributed by atoms with Crippen LogP contribution in [0.1, 0.15) is 18.5 Å². The first-order valence-electron chi connectivity index (χ1n) is 16.7. The minimum atomic E-state index is 0.634. The number of aromatic nitrogens is 5. The zero-order valence-electron chi connectivity index (χ0n) is 26.7. The van der Waals surface area contributed by atoms with Crippen molar-refractivity contribution in [3.63, 3.8) is 0 Å². The van der Waals surface area contributed by atoms with E-state index in [9.17, 15) is 0 Å². The van der Waals surface area contributed by atoms with Crippen LogP contribution >= 0.6 is 11.3 Å². The van der Waals surface area contributed by atoms with Gasteiger partial charge < -0.3 is 4.42 Å². The molecule has 1 aliphatic carbocycles. The van der Waals surface area contributed by atoms with E-state index in [1.165, 1.54) is 0 Å². The third kappa shape index (κ3) is 4.74. The van der Waals surface area contributed by atoms with Gasteiger partial charge in [-0.2, -0.15) is 0 Å². The van der Waals surface area contributed by atoms with Crippen LogP contribution in [-0.4, -0.2) is 24.9 Å². The minimum absolute atomic E-state index is 0.634. The molecule has 0 spiro atoms. The maximum atomic E-state index is 6.39. The molecule has 0 N–H and O–H groups in total. The first kappa shape index (κ1) is 28.7. The van der Waals surface area contributed by atoms with Gasteiger partial charge in [0, 0.05) is 47.8 Å².